The Morgan fingerprint density at radius 1 is 0.962 bits per heavy atom. The van der Waals surface area contributed by atoms with Crippen molar-refractivity contribution >= 4 is 0 Å². The monoisotopic (exact) mass is 356 g/mol. The van der Waals surface area contributed by atoms with Gasteiger partial charge in [0.1, 0.15) is 17.8 Å². The standard InChI is InChI=1S/C20H21FN2O3/c21-17-7-5-16(6-8-17)19-23-18(11-26-19)15-3-1-14(2-4-15)9-10-20(22,12-24)13-25/h1-8,11,24-25H,9-10,12-13,22H2. The van der Waals surface area contributed by atoms with Crippen molar-refractivity contribution in [3.8, 4) is 22.7 Å². The first kappa shape index (κ1) is 18.3. The second-order valence-electron chi connectivity index (χ2n) is 6.42. The number of rotatable bonds is 7. The number of aryl methyl sites for hydroxylation is 1. The molecule has 26 heavy (non-hydrogen) atoms. The summed E-state index contributed by atoms with van der Waals surface area (Å²) in [5, 5.41) is 18.5. The second kappa shape index (κ2) is 7.78. The first-order valence-corrected chi connectivity index (χ1v) is 8.34. The van der Waals surface area contributed by atoms with Gasteiger partial charge in [-0.1, -0.05) is 24.3 Å². The Hall–Kier alpha value is -2.54. The lowest BCUT2D eigenvalue weighted by Gasteiger charge is -2.24. The summed E-state index contributed by atoms with van der Waals surface area (Å²) in [5.74, 6) is 0.128. The molecule has 0 saturated heterocycles. The molecular weight excluding hydrogens is 335 g/mol. The largest absolute Gasteiger partial charge is 0.444 e. The van der Waals surface area contributed by atoms with Crippen molar-refractivity contribution in [2.24, 2.45) is 5.73 Å². The van der Waals surface area contributed by atoms with Crippen molar-refractivity contribution in [3.05, 3.63) is 66.2 Å². The van der Waals surface area contributed by atoms with Gasteiger partial charge < -0.3 is 20.4 Å². The van der Waals surface area contributed by atoms with E-state index in [4.69, 9.17) is 10.2 Å². The molecule has 0 atom stereocenters. The van der Waals surface area contributed by atoms with Crippen LogP contribution in [0.3, 0.4) is 0 Å². The molecule has 1 aromatic heterocycles. The van der Waals surface area contributed by atoms with E-state index >= 15 is 0 Å². The number of nitrogens with zero attached hydrogens (tertiary/aromatic N) is 1. The Bertz CT molecular complexity index is 840. The first-order chi connectivity index (χ1) is 12.5. The molecule has 0 aliphatic carbocycles. The quantitative estimate of drug-likeness (QED) is 0.605. The van der Waals surface area contributed by atoms with Crippen LogP contribution in [0.15, 0.2) is 59.2 Å². The van der Waals surface area contributed by atoms with E-state index in [0.29, 0.717) is 30.0 Å². The lowest BCUT2D eigenvalue weighted by atomic mass is 9.93. The summed E-state index contributed by atoms with van der Waals surface area (Å²) in [6.07, 6.45) is 2.70. The molecule has 0 amide bonds. The number of benzene rings is 2. The topological polar surface area (TPSA) is 92.5 Å². The number of hydrogen-bond acceptors (Lipinski definition) is 5. The minimum Gasteiger partial charge on any atom is -0.444 e. The molecule has 3 rings (SSSR count). The van der Waals surface area contributed by atoms with Crippen LogP contribution in [-0.4, -0.2) is 33.9 Å². The maximum atomic E-state index is 13.0. The number of hydrogen-bond donors (Lipinski definition) is 3. The van der Waals surface area contributed by atoms with Crippen molar-refractivity contribution in [2.75, 3.05) is 13.2 Å². The van der Waals surface area contributed by atoms with Crippen LogP contribution >= 0.6 is 0 Å². The fraction of sp³-hybridized carbons (Fsp3) is 0.250. The summed E-state index contributed by atoms with van der Waals surface area (Å²) in [4.78, 5) is 4.45. The average Bonchev–Trinajstić information content (AvgIpc) is 3.17. The summed E-state index contributed by atoms with van der Waals surface area (Å²) in [7, 11) is 0. The molecule has 4 N–H and O–H groups in total. The van der Waals surface area contributed by atoms with Gasteiger partial charge >= 0.3 is 0 Å². The van der Waals surface area contributed by atoms with E-state index in [1.54, 1.807) is 18.4 Å². The highest BCUT2D eigenvalue weighted by Crippen LogP contribution is 2.25. The lowest BCUT2D eigenvalue weighted by Crippen LogP contribution is -2.47. The van der Waals surface area contributed by atoms with Gasteiger partial charge in [-0.25, -0.2) is 9.37 Å². The fourth-order valence-corrected chi connectivity index (χ4v) is 2.57. The minimum atomic E-state index is -0.963. The fourth-order valence-electron chi connectivity index (χ4n) is 2.57. The summed E-state index contributed by atoms with van der Waals surface area (Å²) < 4.78 is 18.5. The Morgan fingerprint density at radius 2 is 1.58 bits per heavy atom. The highest BCUT2D eigenvalue weighted by Gasteiger charge is 2.22. The number of aliphatic hydroxyl groups excluding tert-OH is 2. The van der Waals surface area contributed by atoms with Crippen LogP contribution in [0.5, 0.6) is 0 Å². The molecule has 0 aliphatic rings. The molecule has 136 valence electrons. The van der Waals surface area contributed by atoms with E-state index in [9.17, 15) is 14.6 Å². The van der Waals surface area contributed by atoms with Crippen molar-refractivity contribution in [1.29, 1.82) is 0 Å². The van der Waals surface area contributed by atoms with Gasteiger partial charge in [0.2, 0.25) is 5.89 Å². The second-order valence-corrected chi connectivity index (χ2v) is 6.42. The number of nitrogens with two attached hydrogens (primary N) is 1. The molecule has 0 bridgehead atoms. The molecule has 0 radical (unpaired) electrons. The number of aromatic nitrogens is 1. The van der Waals surface area contributed by atoms with Crippen molar-refractivity contribution < 1.29 is 19.0 Å². The van der Waals surface area contributed by atoms with Crippen molar-refractivity contribution in [3.63, 3.8) is 0 Å². The molecule has 0 saturated carbocycles. The van der Waals surface area contributed by atoms with E-state index in [1.165, 1.54) is 12.1 Å². The molecule has 0 unspecified atom stereocenters. The summed E-state index contributed by atoms with van der Waals surface area (Å²) in [6.45, 7) is -0.515. The van der Waals surface area contributed by atoms with Gasteiger partial charge in [0.25, 0.3) is 0 Å². The normalized spacial score (nSPS) is 11.7. The van der Waals surface area contributed by atoms with Crippen LogP contribution in [0.25, 0.3) is 22.7 Å². The zero-order chi connectivity index (χ0) is 18.6. The number of halogens is 1. The van der Waals surface area contributed by atoms with Crippen molar-refractivity contribution in [2.45, 2.75) is 18.4 Å². The van der Waals surface area contributed by atoms with Crippen LogP contribution in [0.1, 0.15) is 12.0 Å². The zero-order valence-corrected chi connectivity index (χ0v) is 14.2. The van der Waals surface area contributed by atoms with Gasteiger partial charge in [0.15, 0.2) is 0 Å². The van der Waals surface area contributed by atoms with Crippen LogP contribution in [0.2, 0.25) is 0 Å². The Balaban J connectivity index is 1.70. The average molecular weight is 356 g/mol. The highest BCUT2D eigenvalue weighted by atomic mass is 19.1. The molecule has 1 heterocycles. The Labute approximate surface area is 150 Å². The van der Waals surface area contributed by atoms with E-state index in [-0.39, 0.29) is 19.0 Å². The van der Waals surface area contributed by atoms with E-state index in [2.05, 4.69) is 4.98 Å². The molecule has 2 aromatic carbocycles. The SMILES string of the molecule is NC(CO)(CO)CCc1ccc(-c2coc(-c3ccc(F)cc3)n2)cc1. The van der Waals surface area contributed by atoms with Crippen LogP contribution in [0, 0.1) is 5.82 Å². The summed E-state index contributed by atoms with van der Waals surface area (Å²) in [6, 6.07) is 13.7. The van der Waals surface area contributed by atoms with Crippen LogP contribution in [-0.2, 0) is 6.42 Å². The zero-order valence-electron chi connectivity index (χ0n) is 14.2. The predicted octanol–water partition coefficient (Wildman–Crippen LogP) is 2.76. The molecule has 3 aromatic rings. The van der Waals surface area contributed by atoms with Gasteiger partial charge in [-0.15, -0.1) is 0 Å². The Kier molecular flexibility index (Phi) is 5.46. The maximum absolute atomic E-state index is 13.0. The molecule has 6 heteroatoms. The van der Waals surface area contributed by atoms with E-state index < -0.39 is 5.54 Å². The van der Waals surface area contributed by atoms with Crippen molar-refractivity contribution in [1.82, 2.24) is 4.98 Å². The third kappa shape index (κ3) is 4.16. The molecule has 0 spiro atoms. The minimum absolute atomic E-state index is 0.257. The van der Waals surface area contributed by atoms with E-state index in [0.717, 1.165) is 11.1 Å². The predicted molar refractivity (Wildman–Crippen MR) is 96.7 cm³/mol. The first-order valence-electron chi connectivity index (χ1n) is 8.34. The maximum Gasteiger partial charge on any atom is 0.226 e. The van der Waals surface area contributed by atoms with E-state index in [1.807, 2.05) is 24.3 Å². The molecule has 0 aliphatic heterocycles. The number of oxazole rings is 1. The summed E-state index contributed by atoms with van der Waals surface area (Å²) in [5.41, 5.74) is 8.27. The number of aliphatic hydroxyl groups is 2. The van der Waals surface area contributed by atoms with Crippen LogP contribution < -0.4 is 5.73 Å². The highest BCUT2D eigenvalue weighted by molar-refractivity contribution is 5.62. The van der Waals surface area contributed by atoms with Gasteiger partial charge in [-0.3, -0.25) is 0 Å². The third-order valence-corrected chi connectivity index (χ3v) is 4.39. The van der Waals surface area contributed by atoms with Gasteiger partial charge in [-0.2, -0.15) is 0 Å². The third-order valence-electron chi connectivity index (χ3n) is 4.39. The Morgan fingerprint density at radius 3 is 2.19 bits per heavy atom. The molecular formula is C20H21FN2O3. The molecule has 0 fully saturated rings. The van der Waals surface area contributed by atoms with Gasteiger partial charge in [-0.05, 0) is 42.7 Å². The lowest BCUT2D eigenvalue weighted by molar-refractivity contribution is 0.115. The van der Waals surface area contributed by atoms with Gasteiger partial charge in [0, 0.05) is 11.1 Å². The molecule has 5 nitrogen and oxygen atoms in total. The van der Waals surface area contributed by atoms with Crippen LogP contribution in [0.4, 0.5) is 4.39 Å². The smallest absolute Gasteiger partial charge is 0.226 e. The van der Waals surface area contributed by atoms with Gasteiger partial charge in [0.05, 0.1) is 18.8 Å². The summed E-state index contributed by atoms with van der Waals surface area (Å²) >= 11 is 0.